The van der Waals surface area contributed by atoms with E-state index < -0.39 is 0 Å². The van der Waals surface area contributed by atoms with Crippen molar-refractivity contribution < 1.29 is 9.53 Å². The molecule has 0 aromatic heterocycles. The van der Waals surface area contributed by atoms with Crippen molar-refractivity contribution in [3.8, 4) is 5.75 Å². The Bertz CT molecular complexity index is 917. The second-order valence-corrected chi connectivity index (χ2v) is 9.96. The Labute approximate surface area is 175 Å². The van der Waals surface area contributed by atoms with Crippen molar-refractivity contribution in [3.63, 3.8) is 0 Å². The van der Waals surface area contributed by atoms with Gasteiger partial charge in [-0.1, -0.05) is 58.9 Å². The SMILES string of the molecule is Cc1c(C)c2c(c(C)c1NC(=O)CC(C)(C)C)C(c1ccc(C(C)C)cc1)CO2. The fraction of sp³-hybridized carbons (Fsp3) is 0.500. The molecule has 0 radical (unpaired) electrons. The number of anilines is 1. The van der Waals surface area contributed by atoms with Crippen molar-refractivity contribution in [2.75, 3.05) is 11.9 Å². The maximum Gasteiger partial charge on any atom is 0.224 e. The van der Waals surface area contributed by atoms with Gasteiger partial charge in [0.1, 0.15) is 5.75 Å². The van der Waals surface area contributed by atoms with Gasteiger partial charge in [0.05, 0.1) is 6.61 Å². The number of fused-ring (bicyclic) bond motifs is 1. The average molecular weight is 394 g/mol. The van der Waals surface area contributed by atoms with Crippen molar-refractivity contribution in [2.24, 2.45) is 5.41 Å². The molecule has 1 aliphatic rings. The van der Waals surface area contributed by atoms with Crippen LogP contribution in [0.3, 0.4) is 0 Å². The molecule has 3 heteroatoms. The predicted molar refractivity (Wildman–Crippen MR) is 121 cm³/mol. The average Bonchev–Trinajstić information content (AvgIpc) is 3.07. The van der Waals surface area contributed by atoms with Crippen molar-refractivity contribution in [3.05, 3.63) is 57.6 Å². The van der Waals surface area contributed by atoms with E-state index in [9.17, 15) is 4.79 Å². The van der Waals surface area contributed by atoms with Crippen LogP contribution in [-0.4, -0.2) is 12.5 Å². The number of hydrogen-bond acceptors (Lipinski definition) is 2. The molecule has 3 rings (SSSR count). The summed E-state index contributed by atoms with van der Waals surface area (Å²) in [5.74, 6) is 1.78. The second kappa shape index (κ2) is 7.85. The molecule has 156 valence electrons. The molecule has 1 heterocycles. The van der Waals surface area contributed by atoms with Crippen LogP contribution in [0.2, 0.25) is 0 Å². The third-order valence-corrected chi connectivity index (χ3v) is 6.01. The molecule has 1 aliphatic heterocycles. The van der Waals surface area contributed by atoms with E-state index in [4.69, 9.17) is 4.74 Å². The topological polar surface area (TPSA) is 38.3 Å². The lowest BCUT2D eigenvalue weighted by atomic mass is 9.85. The van der Waals surface area contributed by atoms with Gasteiger partial charge in [-0.15, -0.1) is 0 Å². The van der Waals surface area contributed by atoms with Gasteiger partial charge in [-0.2, -0.15) is 0 Å². The van der Waals surface area contributed by atoms with Crippen LogP contribution < -0.4 is 10.1 Å². The van der Waals surface area contributed by atoms with Gasteiger partial charge in [0.2, 0.25) is 5.91 Å². The van der Waals surface area contributed by atoms with Gasteiger partial charge in [-0.05, 0) is 59.9 Å². The first-order chi connectivity index (χ1) is 13.5. The number of rotatable bonds is 4. The molecule has 0 saturated carbocycles. The molecule has 0 aliphatic carbocycles. The van der Waals surface area contributed by atoms with Crippen LogP contribution in [0.5, 0.6) is 5.75 Å². The van der Waals surface area contributed by atoms with Crippen LogP contribution >= 0.6 is 0 Å². The highest BCUT2D eigenvalue weighted by Gasteiger charge is 2.32. The van der Waals surface area contributed by atoms with E-state index in [1.807, 2.05) is 0 Å². The van der Waals surface area contributed by atoms with Gasteiger partial charge < -0.3 is 10.1 Å². The molecule has 0 spiro atoms. The monoisotopic (exact) mass is 393 g/mol. The Balaban J connectivity index is 2.00. The second-order valence-electron chi connectivity index (χ2n) is 9.96. The Morgan fingerprint density at radius 3 is 2.24 bits per heavy atom. The molecule has 0 bridgehead atoms. The van der Waals surface area contributed by atoms with Gasteiger partial charge in [-0.25, -0.2) is 0 Å². The zero-order chi connectivity index (χ0) is 21.5. The third-order valence-electron chi connectivity index (χ3n) is 6.01. The number of nitrogens with one attached hydrogen (secondary N) is 1. The smallest absolute Gasteiger partial charge is 0.224 e. The van der Waals surface area contributed by atoms with Crippen molar-refractivity contribution in [2.45, 2.75) is 73.6 Å². The summed E-state index contributed by atoms with van der Waals surface area (Å²) in [5.41, 5.74) is 8.09. The zero-order valence-corrected chi connectivity index (χ0v) is 19.2. The van der Waals surface area contributed by atoms with Crippen molar-refractivity contribution in [1.82, 2.24) is 0 Å². The largest absolute Gasteiger partial charge is 0.492 e. The Morgan fingerprint density at radius 1 is 1.07 bits per heavy atom. The Hall–Kier alpha value is -2.29. The molecule has 2 aromatic rings. The van der Waals surface area contributed by atoms with Crippen LogP contribution in [0.4, 0.5) is 5.69 Å². The van der Waals surface area contributed by atoms with Gasteiger partial charge in [0.25, 0.3) is 0 Å². The maximum atomic E-state index is 12.7. The third kappa shape index (κ3) is 4.34. The van der Waals surface area contributed by atoms with Crippen molar-refractivity contribution in [1.29, 1.82) is 0 Å². The first-order valence-corrected chi connectivity index (χ1v) is 10.7. The van der Waals surface area contributed by atoms with E-state index in [0.29, 0.717) is 18.9 Å². The van der Waals surface area contributed by atoms with E-state index >= 15 is 0 Å². The van der Waals surface area contributed by atoms with E-state index in [1.54, 1.807) is 0 Å². The highest BCUT2D eigenvalue weighted by Crippen LogP contribution is 2.47. The summed E-state index contributed by atoms with van der Waals surface area (Å²) in [4.78, 5) is 12.7. The first-order valence-electron chi connectivity index (χ1n) is 10.7. The maximum absolute atomic E-state index is 12.7. The predicted octanol–water partition coefficient (Wildman–Crippen LogP) is 6.63. The Kier molecular flexibility index (Phi) is 5.80. The van der Waals surface area contributed by atoms with Crippen LogP contribution in [-0.2, 0) is 4.79 Å². The van der Waals surface area contributed by atoms with Crippen LogP contribution in [0.15, 0.2) is 24.3 Å². The van der Waals surface area contributed by atoms with E-state index in [2.05, 4.69) is 85.0 Å². The summed E-state index contributed by atoms with van der Waals surface area (Å²) in [6.45, 7) is 17.6. The van der Waals surface area contributed by atoms with Gasteiger partial charge in [0.15, 0.2) is 0 Å². The molecule has 1 amide bonds. The number of amides is 1. The zero-order valence-electron chi connectivity index (χ0n) is 19.2. The van der Waals surface area contributed by atoms with E-state index in [1.165, 1.54) is 16.7 Å². The molecule has 1 unspecified atom stereocenters. The molecular formula is C26H35NO2. The standard InChI is InChI=1S/C26H35NO2/c1-15(2)19-9-11-20(12-10-19)21-14-29-25-17(4)16(3)24(18(5)23(21)25)27-22(28)13-26(6,7)8/h9-12,15,21H,13-14H2,1-8H3,(H,27,28). The number of carbonyl (C=O) groups excluding carboxylic acids is 1. The van der Waals surface area contributed by atoms with Gasteiger partial charge in [0, 0.05) is 23.6 Å². The molecular weight excluding hydrogens is 358 g/mol. The van der Waals surface area contributed by atoms with E-state index in [-0.39, 0.29) is 17.2 Å². The molecule has 1 atom stereocenters. The number of hydrogen-bond donors (Lipinski definition) is 1. The van der Waals surface area contributed by atoms with Crippen LogP contribution in [0, 0.1) is 26.2 Å². The summed E-state index contributed by atoms with van der Waals surface area (Å²) >= 11 is 0. The summed E-state index contributed by atoms with van der Waals surface area (Å²) < 4.78 is 6.16. The minimum absolute atomic E-state index is 0.0402. The summed E-state index contributed by atoms with van der Waals surface area (Å²) in [7, 11) is 0. The highest BCUT2D eigenvalue weighted by atomic mass is 16.5. The van der Waals surface area contributed by atoms with Crippen LogP contribution in [0.1, 0.15) is 86.3 Å². The number of carbonyl (C=O) groups is 1. The van der Waals surface area contributed by atoms with Gasteiger partial charge >= 0.3 is 0 Å². The first kappa shape index (κ1) is 21.4. The number of benzene rings is 2. The quantitative estimate of drug-likeness (QED) is 0.633. The molecule has 29 heavy (non-hydrogen) atoms. The lowest BCUT2D eigenvalue weighted by molar-refractivity contribution is -0.117. The summed E-state index contributed by atoms with van der Waals surface area (Å²) in [5, 5.41) is 3.21. The minimum Gasteiger partial charge on any atom is -0.492 e. The molecule has 0 saturated heterocycles. The highest BCUT2D eigenvalue weighted by molar-refractivity contribution is 5.93. The van der Waals surface area contributed by atoms with E-state index in [0.717, 1.165) is 28.1 Å². The van der Waals surface area contributed by atoms with Crippen LogP contribution in [0.25, 0.3) is 0 Å². The lowest BCUT2D eigenvalue weighted by Gasteiger charge is -2.22. The lowest BCUT2D eigenvalue weighted by Crippen LogP contribution is -2.21. The fourth-order valence-corrected chi connectivity index (χ4v) is 4.23. The minimum atomic E-state index is -0.0402. The fourth-order valence-electron chi connectivity index (χ4n) is 4.23. The molecule has 2 aromatic carbocycles. The molecule has 1 N–H and O–H groups in total. The summed E-state index contributed by atoms with van der Waals surface area (Å²) in [6, 6.07) is 8.90. The van der Waals surface area contributed by atoms with Gasteiger partial charge in [-0.3, -0.25) is 4.79 Å². The molecule has 0 fully saturated rings. The molecule has 3 nitrogen and oxygen atoms in total. The van der Waals surface area contributed by atoms with Crippen molar-refractivity contribution >= 4 is 11.6 Å². The summed E-state index contributed by atoms with van der Waals surface area (Å²) in [6.07, 6.45) is 0.499. The normalized spacial score (nSPS) is 16.0. The Morgan fingerprint density at radius 2 is 1.69 bits per heavy atom. The number of ether oxygens (including phenoxy) is 1.